The third-order valence-corrected chi connectivity index (χ3v) is 5.63. The predicted octanol–water partition coefficient (Wildman–Crippen LogP) is 3.24. The van der Waals surface area contributed by atoms with E-state index in [1.54, 1.807) is 23.9 Å². The van der Waals surface area contributed by atoms with Gasteiger partial charge < -0.3 is 14.5 Å². The number of likely N-dealkylation sites (tertiary alicyclic amines) is 1. The lowest BCUT2D eigenvalue weighted by Gasteiger charge is -2.43. The van der Waals surface area contributed by atoms with Gasteiger partial charge in [-0.05, 0) is 36.0 Å². The zero-order valence-electron chi connectivity index (χ0n) is 17.6. The molecule has 3 rings (SSSR count). The van der Waals surface area contributed by atoms with E-state index in [0.29, 0.717) is 19.5 Å². The van der Waals surface area contributed by atoms with Crippen LogP contribution in [0.3, 0.4) is 0 Å². The number of benzene rings is 2. The lowest BCUT2D eigenvalue weighted by molar-refractivity contribution is -0.148. The molecule has 1 fully saturated rings. The van der Waals surface area contributed by atoms with Crippen LogP contribution < -0.4 is 0 Å². The van der Waals surface area contributed by atoms with E-state index >= 15 is 0 Å². The van der Waals surface area contributed by atoms with Gasteiger partial charge in [0.05, 0.1) is 5.41 Å². The van der Waals surface area contributed by atoms with Gasteiger partial charge in [0.15, 0.2) is 0 Å². The largest absolute Gasteiger partial charge is 0.375 e. The summed E-state index contributed by atoms with van der Waals surface area (Å²) in [6, 6.07) is 18.6. The minimum Gasteiger partial charge on any atom is -0.375 e. The van der Waals surface area contributed by atoms with E-state index in [-0.39, 0.29) is 18.4 Å². The van der Waals surface area contributed by atoms with Crippen molar-refractivity contribution in [2.45, 2.75) is 19.3 Å². The second-order valence-electron chi connectivity index (χ2n) is 8.07. The molecule has 5 heteroatoms. The van der Waals surface area contributed by atoms with Crippen molar-refractivity contribution in [3.05, 3.63) is 60.2 Å². The van der Waals surface area contributed by atoms with Crippen LogP contribution in [-0.2, 0) is 20.7 Å². The summed E-state index contributed by atoms with van der Waals surface area (Å²) in [5.41, 5.74) is 2.80. The van der Waals surface area contributed by atoms with E-state index in [9.17, 15) is 9.59 Å². The van der Waals surface area contributed by atoms with Crippen molar-refractivity contribution in [2.24, 2.45) is 5.41 Å². The Morgan fingerprint density at radius 1 is 1.07 bits per heavy atom. The van der Waals surface area contributed by atoms with E-state index in [4.69, 9.17) is 4.74 Å². The van der Waals surface area contributed by atoms with Crippen LogP contribution in [0.1, 0.15) is 18.4 Å². The van der Waals surface area contributed by atoms with Crippen molar-refractivity contribution in [2.75, 3.05) is 40.9 Å². The van der Waals surface area contributed by atoms with Gasteiger partial charge >= 0.3 is 0 Å². The average molecular weight is 395 g/mol. The zero-order valence-corrected chi connectivity index (χ0v) is 17.6. The van der Waals surface area contributed by atoms with Gasteiger partial charge in [-0.25, -0.2) is 0 Å². The standard InChI is InChI=1S/C24H30N2O3/c1-25(2)23(28)24(13-8-14-26(18-24)22(27)17-29-3)16-19-9-7-12-21(15-19)20-10-5-4-6-11-20/h4-7,9-12,15H,8,13-14,16-18H2,1-3H3/t24-/m1/s1. The highest BCUT2D eigenvalue weighted by Gasteiger charge is 2.44. The molecule has 0 aliphatic carbocycles. The van der Waals surface area contributed by atoms with E-state index < -0.39 is 5.41 Å². The van der Waals surface area contributed by atoms with Gasteiger partial charge in [-0.2, -0.15) is 0 Å². The number of piperidine rings is 1. The molecule has 2 aromatic rings. The Morgan fingerprint density at radius 2 is 1.79 bits per heavy atom. The zero-order chi connectivity index (χ0) is 20.9. The van der Waals surface area contributed by atoms with Crippen molar-refractivity contribution >= 4 is 11.8 Å². The van der Waals surface area contributed by atoms with Crippen LogP contribution in [0.15, 0.2) is 54.6 Å². The molecule has 0 aromatic heterocycles. The lowest BCUT2D eigenvalue weighted by Crippen LogP contribution is -2.54. The maximum Gasteiger partial charge on any atom is 0.248 e. The molecule has 1 atom stereocenters. The number of nitrogens with zero attached hydrogens (tertiary/aromatic N) is 2. The molecular formula is C24H30N2O3. The SMILES string of the molecule is COCC(=O)N1CCC[C@](Cc2cccc(-c3ccccc3)c2)(C(=O)N(C)C)C1. The van der Waals surface area contributed by atoms with Gasteiger partial charge in [0, 0.05) is 34.3 Å². The van der Waals surface area contributed by atoms with E-state index in [2.05, 4.69) is 30.3 Å². The van der Waals surface area contributed by atoms with Crippen molar-refractivity contribution in [1.82, 2.24) is 9.80 Å². The Labute approximate surface area is 173 Å². The number of methoxy groups -OCH3 is 1. The number of ether oxygens (including phenoxy) is 1. The fourth-order valence-corrected chi connectivity index (χ4v) is 4.31. The summed E-state index contributed by atoms with van der Waals surface area (Å²) in [6.45, 7) is 1.16. The normalized spacial score (nSPS) is 19.1. The molecule has 0 spiro atoms. The molecule has 0 radical (unpaired) electrons. The highest BCUT2D eigenvalue weighted by molar-refractivity contribution is 5.85. The van der Waals surface area contributed by atoms with Crippen LogP contribution >= 0.6 is 0 Å². The van der Waals surface area contributed by atoms with E-state index in [1.165, 1.54) is 7.11 Å². The lowest BCUT2D eigenvalue weighted by atomic mass is 9.73. The first-order valence-corrected chi connectivity index (χ1v) is 10.1. The van der Waals surface area contributed by atoms with Gasteiger partial charge in [-0.3, -0.25) is 9.59 Å². The fraction of sp³-hybridized carbons (Fsp3) is 0.417. The maximum absolute atomic E-state index is 13.3. The topological polar surface area (TPSA) is 49.9 Å². The summed E-state index contributed by atoms with van der Waals surface area (Å²) in [4.78, 5) is 29.2. The smallest absolute Gasteiger partial charge is 0.248 e. The predicted molar refractivity (Wildman–Crippen MR) is 114 cm³/mol. The Hall–Kier alpha value is -2.66. The number of hydrogen-bond donors (Lipinski definition) is 0. The Morgan fingerprint density at radius 3 is 2.48 bits per heavy atom. The first-order valence-electron chi connectivity index (χ1n) is 10.1. The molecule has 0 unspecified atom stereocenters. The van der Waals surface area contributed by atoms with Gasteiger partial charge in [0.2, 0.25) is 11.8 Å². The van der Waals surface area contributed by atoms with Crippen LogP contribution in [0.25, 0.3) is 11.1 Å². The number of amides is 2. The second-order valence-corrected chi connectivity index (χ2v) is 8.07. The molecule has 1 saturated heterocycles. The highest BCUT2D eigenvalue weighted by Crippen LogP contribution is 2.36. The third kappa shape index (κ3) is 4.85. The summed E-state index contributed by atoms with van der Waals surface area (Å²) in [7, 11) is 5.11. The minimum atomic E-state index is -0.611. The quantitative estimate of drug-likeness (QED) is 0.756. The third-order valence-electron chi connectivity index (χ3n) is 5.63. The Bertz CT molecular complexity index is 850. The maximum atomic E-state index is 13.3. The molecule has 1 aliphatic rings. The molecule has 0 N–H and O–H groups in total. The summed E-state index contributed by atoms with van der Waals surface area (Å²) in [6.07, 6.45) is 2.20. The molecule has 2 aromatic carbocycles. The highest BCUT2D eigenvalue weighted by atomic mass is 16.5. The average Bonchev–Trinajstić information content (AvgIpc) is 2.74. The van der Waals surface area contributed by atoms with Crippen molar-refractivity contribution in [3.8, 4) is 11.1 Å². The van der Waals surface area contributed by atoms with E-state index in [0.717, 1.165) is 29.5 Å². The fourth-order valence-electron chi connectivity index (χ4n) is 4.31. The van der Waals surface area contributed by atoms with Crippen molar-refractivity contribution in [1.29, 1.82) is 0 Å². The van der Waals surface area contributed by atoms with Gasteiger partial charge in [0.1, 0.15) is 6.61 Å². The molecule has 154 valence electrons. The second kappa shape index (κ2) is 9.23. The molecule has 5 nitrogen and oxygen atoms in total. The summed E-state index contributed by atoms with van der Waals surface area (Å²) >= 11 is 0. The number of carbonyl (C=O) groups excluding carboxylic acids is 2. The number of carbonyl (C=O) groups is 2. The van der Waals surface area contributed by atoms with E-state index in [1.807, 2.05) is 24.3 Å². The monoisotopic (exact) mass is 394 g/mol. The van der Waals surface area contributed by atoms with Crippen molar-refractivity contribution in [3.63, 3.8) is 0 Å². The summed E-state index contributed by atoms with van der Waals surface area (Å²) in [5, 5.41) is 0. The first kappa shape index (κ1) is 21.1. The summed E-state index contributed by atoms with van der Waals surface area (Å²) in [5.74, 6) is 0.0266. The van der Waals surface area contributed by atoms with Gasteiger partial charge in [-0.1, -0.05) is 54.6 Å². The van der Waals surface area contributed by atoms with Crippen LogP contribution in [0, 0.1) is 5.41 Å². The van der Waals surface area contributed by atoms with Gasteiger partial charge in [-0.15, -0.1) is 0 Å². The van der Waals surface area contributed by atoms with Crippen LogP contribution in [0.4, 0.5) is 0 Å². The van der Waals surface area contributed by atoms with Crippen LogP contribution in [0.2, 0.25) is 0 Å². The Balaban J connectivity index is 1.90. The molecule has 0 saturated carbocycles. The molecule has 2 amide bonds. The first-order chi connectivity index (χ1) is 13.9. The van der Waals surface area contributed by atoms with Gasteiger partial charge in [0.25, 0.3) is 0 Å². The number of rotatable bonds is 6. The minimum absolute atomic E-state index is 0.0513. The van der Waals surface area contributed by atoms with Crippen molar-refractivity contribution < 1.29 is 14.3 Å². The molecule has 0 bridgehead atoms. The summed E-state index contributed by atoms with van der Waals surface area (Å²) < 4.78 is 5.03. The number of hydrogen-bond acceptors (Lipinski definition) is 3. The molecule has 1 aliphatic heterocycles. The van der Waals surface area contributed by atoms with Crippen LogP contribution in [-0.4, -0.2) is 62.5 Å². The van der Waals surface area contributed by atoms with Crippen LogP contribution in [0.5, 0.6) is 0 Å². The molecule has 1 heterocycles. The molecule has 29 heavy (non-hydrogen) atoms. The Kier molecular flexibility index (Phi) is 6.70. The molecular weight excluding hydrogens is 364 g/mol.